The van der Waals surface area contributed by atoms with Crippen LogP contribution in [-0.4, -0.2) is 28.6 Å². The quantitative estimate of drug-likeness (QED) is 0.687. The number of nitrogens with two attached hydrogens (primary N) is 1. The Morgan fingerprint density at radius 2 is 1.96 bits per heavy atom. The zero-order valence-electron chi connectivity index (χ0n) is 14.8. The molecule has 0 aliphatic heterocycles. The van der Waals surface area contributed by atoms with Crippen LogP contribution in [0.3, 0.4) is 0 Å². The van der Waals surface area contributed by atoms with Crippen LogP contribution in [0.2, 0.25) is 5.02 Å². The number of aromatic nitrogens is 2. The normalized spacial score (nSPS) is 10.1. The molecule has 0 unspecified atom stereocenters. The van der Waals surface area contributed by atoms with Crippen molar-refractivity contribution in [1.29, 1.82) is 0 Å². The highest BCUT2D eigenvalue weighted by Crippen LogP contribution is 2.32. The number of nitrogens with zero attached hydrogens (tertiary/aromatic N) is 1. The van der Waals surface area contributed by atoms with Crippen LogP contribution in [0.1, 0.15) is 42.6 Å². The van der Waals surface area contributed by atoms with E-state index >= 15 is 0 Å². The van der Waals surface area contributed by atoms with Crippen molar-refractivity contribution in [2.75, 3.05) is 6.54 Å². The minimum absolute atomic E-state index is 0.0122. The fourth-order valence-corrected chi connectivity index (χ4v) is 2.30. The van der Waals surface area contributed by atoms with Gasteiger partial charge in [0.2, 0.25) is 5.91 Å². The van der Waals surface area contributed by atoms with Gasteiger partial charge in [-0.25, -0.2) is 8.78 Å². The molecule has 0 atom stereocenters. The Labute approximate surface area is 155 Å². The Hall–Kier alpha value is -2.48. The maximum atomic E-state index is 14.2. The number of aromatic amines is 1. The molecule has 2 aromatic rings. The van der Waals surface area contributed by atoms with E-state index in [0.29, 0.717) is 0 Å². The number of nitrogens with one attached hydrogen (secondary N) is 2. The number of H-pyrrole nitrogens is 1. The average Bonchev–Trinajstić information content (AvgIpc) is 3.02. The lowest BCUT2D eigenvalue weighted by Gasteiger charge is -2.10. The summed E-state index contributed by atoms with van der Waals surface area (Å²) in [5, 5.41) is 8.27. The van der Waals surface area contributed by atoms with Gasteiger partial charge in [-0.3, -0.25) is 14.7 Å². The van der Waals surface area contributed by atoms with Gasteiger partial charge in [0.25, 0.3) is 5.91 Å². The highest BCUT2D eigenvalue weighted by atomic mass is 35.5. The largest absolute Gasteiger partial charge is 0.370 e. The molecule has 6 nitrogen and oxygen atoms in total. The summed E-state index contributed by atoms with van der Waals surface area (Å²) in [4.78, 5) is 22.8. The van der Waals surface area contributed by atoms with Crippen molar-refractivity contribution in [3.8, 4) is 11.3 Å². The molecule has 1 aromatic carbocycles. The van der Waals surface area contributed by atoms with Crippen molar-refractivity contribution >= 4 is 23.4 Å². The van der Waals surface area contributed by atoms with E-state index in [1.807, 2.05) is 0 Å². The zero-order valence-corrected chi connectivity index (χ0v) is 15.5. The Bertz CT molecular complexity index is 793. The summed E-state index contributed by atoms with van der Waals surface area (Å²) >= 11 is 5.59. The molecular weight excluding hydrogens is 366 g/mol. The third-order valence-electron chi connectivity index (χ3n) is 3.20. The number of halogens is 3. The van der Waals surface area contributed by atoms with E-state index in [9.17, 15) is 18.4 Å². The Morgan fingerprint density at radius 3 is 2.54 bits per heavy atom. The van der Waals surface area contributed by atoms with E-state index in [-0.39, 0.29) is 40.4 Å². The van der Waals surface area contributed by atoms with Gasteiger partial charge in [0.1, 0.15) is 11.6 Å². The number of primary amides is 1. The van der Waals surface area contributed by atoms with Gasteiger partial charge >= 0.3 is 0 Å². The molecule has 0 saturated heterocycles. The summed E-state index contributed by atoms with van der Waals surface area (Å²) in [5.41, 5.74) is 4.82. The van der Waals surface area contributed by atoms with E-state index < -0.39 is 23.4 Å². The van der Waals surface area contributed by atoms with Gasteiger partial charge in [-0.15, -0.1) is 0 Å². The number of hydrogen-bond acceptors (Lipinski definition) is 3. The lowest BCUT2D eigenvalue weighted by molar-refractivity contribution is -0.117. The molecule has 0 bridgehead atoms. The molecule has 0 radical (unpaired) electrons. The van der Waals surface area contributed by atoms with Gasteiger partial charge in [-0.05, 0) is 18.6 Å². The van der Waals surface area contributed by atoms with Gasteiger partial charge in [0.15, 0.2) is 0 Å². The SMILES string of the molecule is CCC.Cc1c(F)c(Cl)cc(F)c1-c1[nH]ncc1C(=O)NCCC(N)=O. The lowest BCUT2D eigenvalue weighted by atomic mass is 10.0. The standard InChI is InChI=1S/C14H13ClF2N4O2.C3H8/c1-6-11(9(16)4-8(15)12(6)17)13-7(5-20-21-13)14(23)19-3-2-10(18)22;1-3-2/h4-5H,2-3H2,1H3,(H2,18,22)(H,19,23)(H,20,21);3H2,1-2H3. The smallest absolute Gasteiger partial charge is 0.255 e. The van der Waals surface area contributed by atoms with E-state index in [1.54, 1.807) is 0 Å². The van der Waals surface area contributed by atoms with Crippen LogP contribution in [0.25, 0.3) is 11.3 Å². The van der Waals surface area contributed by atoms with Crippen LogP contribution in [-0.2, 0) is 4.79 Å². The molecule has 0 saturated carbocycles. The van der Waals surface area contributed by atoms with Crippen LogP contribution < -0.4 is 11.1 Å². The first-order valence-corrected chi connectivity index (χ1v) is 8.36. The summed E-state index contributed by atoms with van der Waals surface area (Å²) in [5.74, 6) is -2.73. The Balaban J connectivity index is 0.00000105. The van der Waals surface area contributed by atoms with Gasteiger partial charge in [0.05, 0.1) is 22.5 Å². The first-order valence-electron chi connectivity index (χ1n) is 7.98. The van der Waals surface area contributed by atoms with E-state index in [0.717, 1.165) is 6.07 Å². The minimum atomic E-state index is -0.788. The summed E-state index contributed by atoms with van der Waals surface area (Å²) in [6.45, 7) is 5.62. The topological polar surface area (TPSA) is 101 Å². The molecule has 142 valence electrons. The van der Waals surface area contributed by atoms with Crippen molar-refractivity contribution < 1.29 is 18.4 Å². The molecule has 1 heterocycles. The summed E-state index contributed by atoms with van der Waals surface area (Å²) < 4.78 is 28.1. The highest BCUT2D eigenvalue weighted by Gasteiger charge is 2.22. The second kappa shape index (κ2) is 9.86. The maximum absolute atomic E-state index is 14.2. The van der Waals surface area contributed by atoms with Crippen molar-refractivity contribution in [2.45, 2.75) is 33.6 Å². The molecule has 2 amide bonds. The Morgan fingerprint density at radius 1 is 1.35 bits per heavy atom. The lowest BCUT2D eigenvalue weighted by Crippen LogP contribution is -2.28. The van der Waals surface area contributed by atoms with Crippen molar-refractivity contribution in [2.24, 2.45) is 5.73 Å². The predicted octanol–water partition coefficient (Wildman–Crippen LogP) is 3.34. The van der Waals surface area contributed by atoms with Crippen LogP contribution in [0.5, 0.6) is 0 Å². The van der Waals surface area contributed by atoms with E-state index in [4.69, 9.17) is 17.3 Å². The second-order valence-electron chi connectivity index (χ2n) is 5.49. The monoisotopic (exact) mass is 386 g/mol. The molecule has 26 heavy (non-hydrogen) atoms. The van der Waals surface area contributed by atoms with Crippen molar-refractivity contribution in [3.05, 3.63) is 40.0 Å². The van der Waals surface area contributed by atoms with Gasteiger partial charge < -0.3 is 11.1 Å². The summed E-state index contributed by atoms with van der Waals surface area (Å²) in [6.07, 6.45) is 2.39. The molecule has 2 rings (SSSR count). The Kier molecular flexibility index (Phi) is 8.18. The van der Waals surface area contributed by atoms with E-state index in [2.05, 4.69) is 29.4 Å². The number of rotatable bonds is 5. The van der Waals surface area contributed by atoms with Gasteiger partial charge in [0, 0.05) is 18.5 Å². The predicted molar refractivity (Wildman–Crippen MR) is 95.8 cm³/mol. The molecule has 0 spiro atoms. The molecule has 0 aliphatic carbocycles. The van der Waals surface area contributed by atoms with Gasteiger partial charge in [-0.1, -0.05) is 31.9 Å². The molecule has 0 fully saturated rings. The van der Waals surface area contributed by atoms with Crippen LogP contribution in [0.4, 0.5) is 8.78 Å². The molecule has 0 aliphatic rings. The number of carbonyl (C=O) groups excluding carboxylic acids is 2. The number of carbonyl (C=O) groups is 2. The minimum Gasteiger partial charge on any atom is -0.370 e. The second-order valence-corrected chi connectivity index (χ2v) is 5.90. The average molecular weight is 387 g/mol. The number of benzene rings is 1. The first kappa shape index (κ1) is 21.6. The molecular formula is C17H21ClF2N4O2. The van der Waals surface area contributed by atoms with Crippen LogP contribution in [0, 0.1) is 18.6 Å². The maximum Gasteiger partial charge on any atom is 0.255 e. The fraction of sp³-hybridized carbons (Fsp3) is 0.353. The molecule has 1 aromatic heterocycles. The van der Waals surface area contributed by atoms with Crippen LogP contribution in [0.15, 0.2) is 12.3 Å². The van der Waals surface area contributed by atoms with Crippen molar-refractivity contribution in [1.82, 2.24) is 15.5 Å². The zero-order chi connectivity index (χ0) is 19.9. The number of hydrogen-bond donors (Lipinski definition) is 3. The third kappa shape index (κ3) is 5.26. The molecule has 4 N–H and O–H groups in total. The fourth-order valence-electron chi connectivity index (χ4n) is 2.07. The highest BCUT2D eigenvalue weighted by molar-refractivity contribution is 6.31. The molecule has 9 heteroatoms. The van der Waals surface area contributed by atoms with E-state index in [1.165, 1.54) is 19.5 Å². The van der Waals surface area contributed by atoms with Crippen molar-refractivity contribution in [3.63, 3.8) is 0 Å². The first-order chi connectivity index (χ1) is 12.2. The van der Waals surface area contributed by atoms with Crippen LogP contribution >= 0.6 is 11.6 Å². The summed E-state index contributed by atoms with van der Waals surface area (Å²) in [7, 11) is 0. The number of amides is 2. The third-order valence-corrected chi connectivity index (χ3v) is 3.47. The summed E-state index contributed by atoms with van der Waals surface area (Å²) in [6, 6.07) is 0.828. The van der Waals surface area contributed by atoms with Gasteiger partial charge in [-0.2, -0.15) is 5.10 Å².